The van der Waals surface area contributed by atoms with Crippen LogP contribution in [0.1, 0.15) is 15.4 Å². The number of aryl methyl sites for hydroxylation is 1. The zero-order valence-electron chi connectivity index (χ0n) is 16.6. The van der Waals surface area contributed by atoms with E-state index in [0.29, 0.717) is 5.02 Å². The Bertz CT molecular complexity index is 1210. The zero-order chi connectivity index (χ0) is 20.7. The van der Waals surface area contributed by atoms with Crippen LogP contribution in [0.3, 0.4) is 0 Å². The maximum absolute atomic E-state index is 13.2. The lowest BCUT2D eigenvalue weighted by Crippen LogP contribution is -2.48. The Hall–Kier alpha value is -2.83. The van der Waals surface area contributed by atoms with Crippen molar-refractivity contribution in [3.05, 3.63) is 76.3 Å². The van der Waals surface area contributed by atoms with Crippen LogP contribution in [-0.2, 0) is 0 Å². The number of para-hydroxylation sites is 1. The number of thiophene rings is 1. The number of halogens is 1. The minimum atomic E-state index is 0.0981. The fourth-order valence-corrected chi connectivity index (χ4v) is 5.23. The lowest BCUT2D eigenvalue weighted by atomic mass is 10.2. The number of carbonyl (C=O) groups excluding carboxylic acids is 1. The minimum absolute atomic E-state index is 0.0981. The summed E-state index contributed by atoms with van der Waals surface area (Å²) in [6.07, 6.45) is 0. The number of hydrogen-bond acceptors (Lipinski definition) is 4. The predicted molar refractivity (Wildman–Crippen MR) is 123 cm³/mol. The molecule has 0 atom stereocenters. The fourth-order valence-electron chi connectivity index (χ4n) is 3.90. The molecule has 0 unspecified atom stereocenters. The van der Waals surface area contributed by atoms with Crippen molar-refractivity contribution in [2.45, 2.75) is 6.92 Å². The third kappa shape index (κ3) is 3.46. The highest BCUT2D eigenvalue weighted by Crippen LogP contribution is 2.32. The van der Waals surface area contributed by atoms with Gasteiger partial charge in [0.25, 0.3) is 5.91 Å². The highest BCUT2D eigenvalue weighted by Gasteiger charge is 2.25. The van der Waals surface area contributed by atoms with Gasteiger partial charge in [0.05, 0.1) is 16.3 Å². The molecule has 0 spiro atoms. The molecule has 0 N–H and O–H groups in total. The molecule has 0 aliphatic carbocycles. The number of carbonyl (C=O) groups is 1. The van der Waals surface area contributed by atoms with Crippen LogP contribution in [0.2, 0.25) is 5.02 Å². The van der Waals surface area contributed by atoms with Crippen LogP contribution in [0, 0.1) is 6.92 Å². The van der Waals surface area contributed by atoms with Crippen LogP contribution >= 0.6 is 22.9 Å². The Morgan fingerprint density at radius 3 is 2.43 bits per heavy atom. The first-order chi connectivity index (χ1) is 14.6. The van der Waals surface area contributed by atoms with Crippen molar-refractivity contribution in [2.75, 3.05) is 31.1 Å². The number of anilines is 1. The van der Waals surface area contributed by atoms with E-state index in [2.05, 4.69) is 34.3 Å². The summed E-state index contributed by atoms with van der Waals surface area (Å²) in [5.74, 6) is 0.0981. The molecule has 0 bridgehead atoms. The number of piperazine rings is 1. The minimum Gasteiger partial charge on any atom is -0.368 e. The monoisotopic (exact) mass is 436 g/mol. The van der Waals surface area contributed by atoms with Crippen molar-refractivity contribution in [1.82, 2.24) is 14.7 Å². The normalized spacial score (nSPS) is 14.5. The molecule has 5 nitrogen and oxygen atoms in total. The first-order valence-electron chi connectivity index (χ1n) is 9.94. The van der Waals surface area contributed by atoms with E-state index in [1.807, 2.05) is 52.9 Å². The molecule has 152 valence electrons. The van der Waals surface area contributed by atoms with Gasteiger partial charge in [0.1, 0.15) is 4.83 Å². The van der Waals surface area contributed by atoms with Crippen LogP contribution in [-0.4, -0.2) is 46.8 Å². The molecule has 1 aliphatic rings. The number of fused-ring (bicyclic) bond motifs is 1. The molecule has 0 radical (unpaired) electrons. The summed E-state index contributed by atoms with van der Waals surface area (Å²) < 4.78 is 1.88. The second-order valence-corrected chi connectivity index (χ2v) is 8.89. The van der Waals surface area contributed by atoms with Crippen LogP contribution in [0.5, 0.6) is 0 Å². The van der Waals surface area contributed by atoms with Crippen molar-refractivity contribution < 1.29 is 4.79 Å². The largest absolute Gasteiger partial charge is 0.368 e. The third-order valence-corrected chi connectivity index (χ3v) is 6.83. The van der Waals surface area contributed by atoms with Crippen molar-refractivity contribution in [2.24, 2.45) is 0 Å². The van der Waals surface area contributed by atoms with E-state index in [-0.39, 0.29) is 5.91 Å². The van der Waals surface area contributed by atoms with Crippen LogP contribution in [0.4, 0.5) is 5.69 Å². The number of nitrogens with zero attached hydrogens (tertiary/aromatic N) is 4. The SMILES string of the molecule is Cc1nn(-c2cccc(Cl)c2)c2sc(C(=O)N3CCN(c4ccccc4)CC3)cc12. The topological polar surface area (TPSA) is 41.4 Å². The van der Waals surface area contributed by atoms with Crippen LogP contribution < -0.4 is 4.90 Å². The van der Waals surface area contributed by atoms with E-state index >= 15 is 0 Å². The average molecular weight is 437 g/mol. The van der Waals surface area contributed by atoms with E-state index in [1.54, 1.807) is 0 Å². The highest BCUT2D eigenvalue weighted by atomic mass is 35.5. The Kier molecular flexibility index (Phi) is 4.97. The van der Waals surface area contributed by atoms with Crippen molar-refractivity contribution in [3.8, 4) is 5.69 Å². The van der Waals surface area contributed by atoms with Gasteiger partial charge >= 0.3 is 0 Å². The molecule has 4 aromatic rings. The summed E-state index contributed by atoms with van der Waals surface area (Å²) in [4.78, 5) is 19.2. The Morgan fingerprint density at radius 1 is 0.967 bits per heavy atom. The van der Waals surface area contributed by atoms with Gasteiger partial charge in [-0.3, -0.25) is 4.79 Å². The first kappa shape index (κ1) is 19.2. The predicted octanol–water partition coefficient (Wildman–Crippen LogP) is 5.01. The van der Waals surface area contributed by atoms with Gasteiger partial charge in [-0.05, 0) is 43.3 Å². The van der Waals surface area contributed by atoms with E-state index in [4.69, 9.17) is 11.6 Å². The molecular formula is C23H21ClN4OS. The lowest BCUT2D eigenvalue weighted by molar-refractivity contribution is 0.0751. The summed E-state index contributed by atoms with van der Waals surface area (Å²) in [7, 11) is 0. The van der Waals surface area contributed by atoms with Crippen molar-refractivity contribution >= 4 is 44.7 Å². The standard InChI is InChI=1S/C23H21ClN4OS/c1-16-20-15-21(30-23(20)28(25-16)19-9-5-6-17(24)14-19)22(29)27-12-10-26(11-13-27)18-7-3-2-4-8-18/h2-9,14-15H,10-13H2,1H3. The molecular weight excluding hydrogens is 416 g/mol. The van der Waals surface area contributed by atoms with Gasteiger partial charge in [-0.1, -0.05) is 35.9 Å². The Labute approximate surface area is 184 Å². The molecule has 1 aliphatic heterocycles. The molecule has 0 saturated carbocycles. The van der Waals surface area contributed by atoms with Crippen LogP contribution in [0.15, 0.2) is 60.7 Å². The fraction of sp³-hybridized carbons (Fsp3) is 0.217. The maximum Gasteiger partial charge on any atom is 0.264 e. The van der Waals surface area contributed by atoms with Gasteiger partial charge in [0.2, 0.25) is 0 Å². The smallest absolute Gasteiger partial charge is 0.264 e. The van der Waals surface area contributed by atoms with Gasteiger partial charge in [-0.2, -0.15) is 5.10 Å². The molecule has 1 fully saturated rings. The molecule has 7 heteroatoms. The van der Waals surface area contributed by atoms with E-state index in [9.17, 15) is 4.79 Å². The Morgan fingerprint density at radius 2 is 1.70 bits per heavy atom. The third-order valence-electron chi connectivity index (χ3n) is 5.50. The van der Waals surface area contributed by atoms with Gasteiger partial charge in [-0.15, -0.1) is 11.3 Å². The van der Waals surface area contributed by atoms with Gasteiger partial charge in [0, 0.05) is 42.3 Å². The second kappa shape index (κ2) is 7.78. The molecule has 2 aromatic carbocycles. The summed E-state index contributed by atoms with van der Waals surface area (Å²) in [6.45, 7) is 5.11. The molecule has 1 saturated heterocycles. The summed E-state index contributed by atoms with van der Waals surface area (Å²) in [6, 6.07) is 20.0. The average Bonchev–Trinajstić information content (AvgIpc) is 3.35. The van der Waals surface area contributed by atoms with Crippen molar-refractivity contribution in [1.29, 1.82) is 0 Å². The van der Waals surface area contributed by atoms with E-state index in [1.165, 1.54) is 17.0 Å². The van der Waals surface area contributed by atoms with E-state index < -0.39 is 0 Å². The number of aromatic nitrogens is 2. The molecule has 1 amide bonds. The van der Waals surface area contributed by atoms with Gasteiger partial charge in [0.15, 0.2) is 0 Å². The second-order valence-electron chi connectivity index (χ2n) is 7.42. The van der Waals surface area contributed by atoms with Crippen molar-refractivity contribution in [3.63, 3.8) is 0 Å². The quantitative estimate of drug-likeness (QED) is 0.453. The number of rotatable bonds is 3. The van der Waals surface area contributed by atoms with E-state index in [0.717, 1.165) is 52.7 Å². The summed E-state index contributed by atoms with van der Waals surface area (Å²) in [5, 5.41) is 6.34. The summed E-state index contributed by atoms with van der Waals surface area (Å²) in [5.41, 5.74) is 3.02. The Balaban J connectivity index is 1.38. The molecule has 3 heterocycles. The molecule has 30 heavy (non-hydrogen) atoms. The van der Waals surface area contributed by atoms with Gasteiger partial charge in [-0.25, -0.2) is 4.68 Å². The molecule has 2 aromatic heterocycles. The number of amides is 1. The summed E-state index contributed by atoms with van der Waals surface area (Å²) >= 11 is 7.66. The highest BCUT2D eigenvalue weighted by molar-refractivity contribution is 7.20. The number of benzene rings is 2. The molecule has 5 rings (SSSR count). The first-order valence-corrected chi connectivity index (χ1v) is 11.1. The maximum atomic E-state index is 13.2. The lowest BCUT2D eigenvalue weighted by Gasteiger charge is -2.35. The zero-order valence-corrected chi connectivity index (χ0v) is 18.2. The van der Waals surface area contributed by atoms with Gasteiger partial charge < -0.3 is 9.80 Å². The van der Waals surface area contributed by atoms with Crippen LogP contribution in [0.25, 0.3) is 15.9 Å². The number of hydrogen-bond donors (Lipinski definition) is 0.